The second-order valence-corrected chi connectivity index (χ2v) is 6.86. The number of hydrogen-bond donors (Lipinski definition) is 2. The van der Waals surface area contributed by atoms with Gasteiger partial charge in [-0.1, -0.05) is 30.3 Å². The summed E-state index contributed by atoms with van der Waals surface area (Å²) in [7, 11) is 3.24. The molecule has 4 rings (SSSR count). The minimum atomic E-state index is -0.507. The SMILES string of the molecule is COc1ccc(CN=C2Nc3nc(C)cc(=O)n3C(c3ccccc3OC)N2)cc1. The molecule has 8 heteroatoms. The molecule has 154 valence electrons. The summed E-state index contributed by atoms with van der Waals surface area (Å²) in [6.07, 6.45) is -0.507. The molecule has 2 heterocycles. The molecule has 3 aromatic rings. The molecule has 0 fully saturated rings. The summed E-state index contributed by atoms with van der Waals surface area (Å²) in [5, 5.41) is 6.44. The van der Waals surface area contributed by atoms with Crippen molar-refractivity contribution in [2.24, 2.45) is 4.99 Å². The van der Waals surface area contributed by atoms with Crippen molar-refractivity contribution in [2.75, 3.05) is 19.5 Å². The fourth-order valence-corrected chi connectivity index (χ4v) is 3.38. The number of guanidine groups is 1. The zero-order chi connectivity index (χ0) is 21.1. The number of aliphatic imine (C=N–C) groups is 1. The van der Waals surface area contributed by atoms with Crippen molar-refractivity contribution in [3.63, 3.8) is 0 Å². The van der Waals surface area contributed by atoms with Crippen LogP contribution >= 0.6 is 0 Å². The minimum absolute atomic E-state index is 0.164. The van der Waals surface area contributed by atoms with E-state index in [0.29, 0.717) is 29.9 Å². The third-order valence-corrected chi connectivity index (χ3v) is 4.85. The van der Waals surface area contributed by atoms with Crippen LogP contribution in [0.25, 0.3) is 0 Å². The highest BCUT2D eigenvalue weighted by Crippen LogP contribution is 2.28. The first-order valence-electron chi connectivity index (χ1n) is 9.53. The number of hydrogen-bond acceptors (Lipinski definition) is 5. The van der Waals surface area contributed by atoms with Gasteiger partial charge in [-0.2, -0.15) is 0 Å². The molecule has 8 nitrogen and oxygen atoms in total. The fraction of sp³-hybridized carbons (Fsp3) is 0.227. The van der Waals surface area contributed by atoms with Crippen molar-refractivity contribution in [3.05, 3.63) is 81.8 Å². The maximum atomic E-state index is 12.8. The van der Waals surface area contributed by atoms with Crippen molar-refractivity contribution < 1.29 is 9.47 Å². The Morgan fingerprint density at radius 2 is 1.87 bits per heavy atom. The van der Waals surface area contributed by atoms with Gasteiger partial charge in [0.2, 0.25) is 5.95 Å². The summed E-state index contributed by atoms with van der Waals surface area (Å²) >= 11 is 0. The molecule has 1 aliphatic rings. The van der Waals surface area contributed by atoms with E-state index >= 15 is 0 Å². The number of rotatable bonds is 5. The Hall–Kier alpha value is -3.81. The van der Waals surface area contributed by atoms with E-state index in [1.807, 2.05) is 48.5 Å². The highest BCUT2D eigenvalue weighted by atomic mass is 16.5. The van der Waals surface area contributed by atoms with E-state index in [4.69, 9.17) is 9.47 Å². The topological polar surface area (TPSA) is 89.8 Å². The molecule has 1 aliphatic heterocycles. The summed E-state index contributed by atoms with van der Waals surface area (Å²) in [4.78, 5) is 21.9. The molecular formula is C22H23N5O3. The average molecular weight is 405 g/mol. The highest BCUT2D eigenvalue weighted by Gasteiger charge is 2.28. The van der Waals surface area contributed by atoms with Crippen LogP contribution in [0.3, 0.4) is 0 Å². The Balaban J connectivity index is 1.72. The predicted molar refractivity (Wildman–Crippen MR) is 115 cm³/mol. The zero-order valence-corrected chi connectivity index (χ0v) is 17.0. The van der Waals surface area contributed by atoms with Crippen molar-refractivity contribution >= 4 is 11.9 Å². The van der Waals surface area contributed by atoms with E-state index in [2.05, 4.69) is 20.6 Å². The van der Waals surface area contributed by atoms with Gasteiger partial charge < -0.3 is 14.8 Å². The van der Waals surface area contributed by atoms with E-state index < -0.39 is 6.17 Å². The molecule has 0 saturated heterocycles. The first-order chi connectivity index (χ1) is 14.6. The monoisotopic (exact) mass is 405 g/mol. The Kier molecular flexibility index (Phi) is 5.38. The molecule has 1 aromatic heterocycles. The molecule has 0 aliphatic carbocycles. The number of nitrogens with one attached hydrogen (secondary N) is 2. The first-order valence-corrected chi connectivity index (χ1v) is 9.53. The van der Waals surface area contributed by atoms with E-state index in [1.165, 1.54) is 6.07 Å². The molecule has 2 aromatic carbocycles. The Bertz CT molecular complexity index is 1140. The number of anilines is 1. The van der Waals surface area contributed by atoms with Crippen LogP contribution in [-0.2, 0) is 6.54 Å². The molecular weight excluding hydrogens is 382 g/mol. The highest BCUT2D eigenvalue weighted by molar-refractivity contribution is 5.93. The maximum absolute atomic E-state index is 12.8. The number of para-hydroxylation sites is 1. The molecule has 0 spiro atoms. The predicted octanol–water partition coefficient (Wildman–Crippen LogP) is 2.69. The van der Waals surface area contributed by atoms with Crippen LogP contribution in [0.5, 0.6) is 11.5 Å². The van der Waals surface area contributed by atoms with Crippen molar-refractivity contribution in [1.82, 2.24) is 14.9 Å². The molecule has 2 N–H and O–H groups in total. The van der Waals surface area contributed by atoms with E-state index in [-0.39, 0.29) is 5.56 Å². The van der Waals surface area contributed by atoms with Gasteiger partial charge in [0.25, 0.3) is 5.56 Å². The number of fused-ring (bicyclic) bond motifs is 1. The van der Waals surface area contributed by atoms with Gasteiger partial charge in [0, 0.05) is 17.3 Å². The second kappa shape index (κ2) is 8.28. The number of aromatic nitrogens is 2. The lowest BCUT2D eigenvalue weighted by atomic mass is 10.1. The van der Waals surface area contributed by atoms with Gasteiger partial charge in [0.05, 0.1) is 20.8 Å². The number of aryl methyl sites for hydroxylation is 1. The third-order valence-electron chi connectivity index (χ3n) is 4.85. The summed E-state index contributed by atoms with van der Waals surface area (Å²) in [6.45, 7) is 2.24. The summed E-state index contributed by atoms with van der Waals surface area (Å²) < 4.78 is 12.3. The zero-order valence-electron chi connectivity index (χ0n) is 17.0. The number of ether oxygens (including phenoxy) is 2. The lowest BCUT2D eigenvalue weighted by molar-refractivity contribution is 0.395. The quantitative estimate of drug-likeness (QED) is 0.678. The van der Waals surface area contributed by atoms with Crippen molar-refractivity contribution in [1.29, 1.82) is 0 Å². The standard InChI is InChI=1S/C22H23N5O3/c1-14-12-19(28)27-20(17-6-4-5-7-18(17)30-3)25-21(26-22(27)24-14)23-13-15-8-10-16(29-2)11-9-15/h4-12,20H,13H2,1-3H3,(H2,23,24,25,26). The molecule has 30 heavy (non-hydrogen) atoms. The number of benzene rings is 2. The normalized spacial score (nSPS) is 16.4. The second-order valence-electron chi connectivity index (χ2n) is 6.86. The third kappa shape index (κ3) is 3.84. The van der Waals surface area contributed by atoms with Gasteiger partial charge in [-0.25, -0.2) is 9.98 Å². The van der Waals surface area contributed by atoms with Gasteiger partial charge in [-0.05, 0) is 30.7 Å². The average Bonchev–Trinajstić information content (AvgIpc) is 2.77. The molecule has 0 bridgehead atoms. The number of nitrogens with zero attached hydrogens (tertiary/aromatic N) is 3. The van der Waals surface area contributed by atoms with Gasteiger partial charge in [0.15, 0.2) is 5.96 Å². The van der Waals surface area contributed by atoms with Crippen LogP contribution in [0.15, 0.2) is 64.4 Å². The molecule has 0 amide bonds. The Morgan fingerprint density at radius 1 is 1.10 bits per heavy atom. The van der Waals surface area contributed by atoms with Crippen molar-refractivity contribution in [2.45, 2.75) is 19.6 Å². The molecule has 1 atom stereocenters. The molecule has 0 radical (unpaired) electrons. The Morgan fingerprint density at radius 3 is 2.60 bits per heavy atom. The van der Waals surface area contributed by atoms with Crippen molar-refractivity contribution in [3.8, 4) is 11.5 Å². The van der Waals surface area contributed by atoms with Crippen LogP contribution in [0.2, 0.25) is 0 Å². The lowest BCUT2D eigenvalue weighted by Crippen LogP contribution is -2.48. The van der Waals surface area contributed by atoms with Gasteiger partial charge in [-0.3, -0.25) is 14.7 Å². The maximum Gasteiger partial charge on any atom is 0.257 e. The summed E-state index contributed by atoms with van der Waals surface area (Å²) in [5.41, 5.74) is 2.31. The molecule has 1 unspecified atom stereocenters. The van der Waals surface area contributed by atoms with E-state index in [0.717, 1.165) is 16.9 Å². The van der Waals surface area contributed by atoms with E-state index in [1.54, 1.807) is 25.7 Å². The van der Waals surface area contributed by atoms with Crippen LogP contribution < -0.4 is 25.7 Å². The first kappa shape index (κ1) is 19.5. The van der Waals surface area contributed by atoms with Crippen LogP contribution in [0, 0.1) is 6.92 Å². The van der Waals surface area contributed by atoms with Crippen LogP contribution in [0.1, 0.15) is 23.0 Å². The minimum Gasteiger partial charge on any atom is -0.497 e. The molecule has 0 saturated carbocycles. The summed E-state index contributed by atoms with van der Waals surface area (Å²) in [5.74, 6) is 2.43. The van der Waals surface area contributed by atoms with Gasteiger partial charge >= 0.3 is 0 Å². The van der Waals surface area contributed by atoms with Crippen LogP contribution in [-0.4, -0.2) is 29.7 Å². The van der Waals surface area contributed by atoms with E-state index in [9.17, 15) is 4.79 Å². The largest absolute Gasteiger partial charge is 0.497 e. The Labute approximate surface area is 174 Å². The van der Waals surface area contributed by atoms with Crippen LogP contribution in [0.4, 0.5) is 5.95 Å². The lowest BCUT2D eigenvalue weighted by Gasteiger charge is -2.31. The fourth-order valence-electron chi connectivity index (χ4n) is 3.38. The van der Waals surface area contributed by atoms with Gasteiger partial charge in [-0.15, -0.1) is 0 Å². The smallest absolute Gasteiger partial charge is 0.257 e. The number of methoxy groups -OCH3 is 2. The summed E-state index contributed by atoms with van der Waals surface area (Å²) in [6, 6.07) is 16.8. The van der Waals surface area contributed by atoms with Gasteiger partial charge in [0.1, 0.15) is 17.7 Å².